The zero-order chi connectivity index (χ0) is 13.0. The van der Waals surface area contributed by atoms with Gasteiger partial charge >= 0.3 is 0 Å². The maximum absolute atomic E-state index is 11.8. The maximum Gasteiger partial charge on any atom is 0.254 e. The van der Waals surface area contributed by atoms with E-state index in [2.05, 4.69) is 20.4 Å². The zero-order valence-corrected chi connectivity index (χ0v) is 10.00. The summed E-state index contributed by atoms with van der Waals surface area (Å²) in [7, 11) is 1.80. The molecule has 0 aliphatic carbocycles. The van der Waals surface area contributed by atoms with Gasteiger partial charge in [-0.25, -0.2) is 4.98 Å². The predicted octanol–water partition coefficient (Wildman–Crippen LogP) is -0.235. The minimum atomic E-state index is -0.239. The van der Waals surface area contributed by atoms with E-state index < -0.39 is 0 Å². The summed E-state index contributed by atoms with van der Waals surface area (Å²) >= 11 is 0. The number of hydrogen-bond donors (Lipinski definition) is 2. The number of amides is 1. The first-order valence-corrected chi connectivity index (χ1v) is 5.49. The molecule has 0 atom stereocenters. The summed E-state index contributed by atoms with van der Waals surface area (Å²) in [4.78, 5) is 19.7. The van der Waals surface area contributed by atoms with E-state index in [9.17, 15) is 4.79 Å². The third kappa shape index (κ3) is 2.82. The number of carbonyl (C=O) groups excluding carboxylic acids is 1. The number of aromatic nitrogens is 4. The standard InChI is InChI=1S/C11H14N6O/c1-17-7-15-10(16-17)3-5-14-11(18)8-6-13-4-2-9(8)12/h2,4,6-7H,3,5H2,1H3,(H2,12,13)(H,14,18). The predicted molar refractivity (Wildman–Crippen MR) is 65.7 cm³/mol. The van der Waals surface area contributed by atoms with Crippen LogP contribution < -0.4 is 11.1 Å². The van der Waals surface area contributed by atoms with E-state index in [1.54, 1.807) is 30.3 Å². The number of rotatable bonds is 4. The molecule has 0 unspecified atom stereocenters. The summed E-state index contributed by atoms with van der Waals surface area (Å²) < 4.78 is 1.62. The smallest absolute Gasteiger partial charge is 0.254 e. The second kappa shape index (κ2) is 5.26. The van der Waals surface area contributed by atoms with Gasteiger partial charge < -0.3 is 11.1 Å². The molecular formula is C11H14N6O. The minimum Gasteiger partial charge on any atom is -0.398 e. The molecule has 2 rings (SSSR count). The van der Waals surface area contributed by atoms with E-state index in [4.69, 9.17) is 5.73 Å². The number of carbonyl (C=O) groups is 1. The van der Waals surface area contributed by atoms with Gasteiger partial charge in [-0.1, -0.05) is 0 Å². The van der Waals surface area contributed by atoms with E-state index in [-0.39, 0.29) is 5.91 Å². The number of nitrogens with one attached hydrogen (secondary N) is 1. The molecule has 0 saturated heterocycles. The van der Waals surface area contributed by atoms with Crippen molar-refractivity contribution in [3.05, 3.63) is 36.2 Å². The third-order valence-electron chi connectivity index (χ3n) is 2.38. The average molecular weight is 246 g/mol. The molecular weight excluding hydrogens is 232 g/mol. The number of nitrogens with zero attached hydrogens (tertiary/aromatic N) is 4. The minimum absolute atomic E-state index is 0.239. The van der Waals surface area contributed by atoms with E-state index in [0.717, 1.165) is 0 Å². The summed E-state index contributed by atoms with van der Waals surface area (Å²) in [5, 5.41) is 6.86. The Morgan fingerprint density at radius 1 is 1.56 bits per heavy atom. The Hall–Kier alpha value is -2.44. The van der Waals surface area contributed by atoms with E-state index in [0.29, 0.717) is 30.0 Å². The number of aryl methyl sites for hydroxylation is 1. The van der Waals surface area contributed by atoms with Gasteiger partial charge in [0.05, 0.1) is 5.56 Å². The first-order chi connectivity index (χ1) is 8.66. The molecule has 2 aromatic rings. The maximum atomic E-state index is 11.8. The van der Waals surface area contributed by atoms with Gasteiger partial charge in [-0.15, -0.1) is 0 Å². The lowest BCUT2D eigenvalue weighted by Gasteiger charge is -2.05. The molecule has 0 aliphatic rings. The largest absolute Gasteiger partial charge is 0.398 e. The molecule has 2 aromatic heterocycles. The fourth-order valence-electron chi connectivity index (χ4n) is 1.48. The van der Waals surface area contributed by atoms with Crippen molar-refractivity contribution in [3.8, 4) is 0 Å². The number of hydrogen-bond acceptors (Lipinski definition) is 5. The lowest BCUT2D eigenvalue weighted by Crippen LogP contribution is -2.26. The summed E-state index contributed by atoms with van der Waals surface area (Å²) in [6.45, 7) is 0.456. The van der Waals surface area contributed by atoms with Crippen LogP contribution in [0.5, 0.6) is 0 Å². The van der Waals surface area contributed by atoms with Crippen molar-refractivity contribution in [1.29, 1.82) is 0 Å². The van der Waals surface area contributed by atoms with Crippen molar-refractivity contribution < 1.29 is 4.79 Å². The van der Waals surface area contributed by atoms with Gasteiger partial charge in [0.1, 0.15) is 6.33 Å². The molecule has 0 saturated carbocycles. The molecule has 1 amide bonds. The van der Waals surface area contributed by atoms with Crippen LogP contribution in [0.1, 0.15) is 16.2 Å². The summed E-state index contributed by atoms with van der Waals surface area (Å²) in [6, 6.07) is 1.59. The Morgan fingerprint density at radius 2 is 2.39 bits per heavy atom. The third-order valence-corrected chi connectivity index (χ3v) is 2.38. The highest BCUT2D eigenvalue weighted by Crippen LogP contribution is 2.07. The first-order valence-electron chi connectivity index (χ1n) is 5.49. The molecule has 18 heavy (non-hydrogen) atoms. The van der Waals surface area contributed by atoms with Crippen LogP contribution in [0.25, 0.3) is 0 Å². The number of nitrogens with two attached hydrogens (primary N) is 1. The van der Waals surface area contributed by atoms with Crippen LogP contribution in [0.3, 0.4) is 0 Å². The molecule has 2 heterocycles. The van der Waals surface area contributed by atoms with Crippen molar-refractivity contribution in [2.75, 3.05) is 12.3 Å². The Balaban J connectivity index is 1.87. The Kier molecular flexibility index (Phi) is 3.52. The number of pyridine rings is 1. The van der Waals surface area contributed by atoms with Crippen molar-refractivity contribution in [3.63, 3.8) is 0 Å². The molecule has 94 valence electrons. The molecule has 0 aromatic carbocycles. The van der Waals surface area contributed by atoms with Crippen molar-refractivity contribution in [2.24, 2.45) is 7.05 Å². The Labute approximate surface area is 104 Å². The van der Waals surface area contributed by atoms with Crippen molar-refractivity contribution >= 4 is 11.6 Å². The van der Waals surface area contributed by atoms with Crippen LogP contribution in [0.15, 0.2) is 24.8 Å². The highest BCUT2D eigenvalue weighted by atomic mass is 16.1. The van der Waals surface area contributed by atoms with Crippen LogP contribution in [-0.4, -0.2) is 32.2 Å². The zero-order valence-electron chi connectivity index (χ0n) is 10.00. The quantitative estimate of drug-likeness (QED) is 0.776. The molecule has 0 aliphatic heterocycles. The van der Waals surface area contributed by atoms with Gasteiger partial charge in [0.25, 0.3) is 5.91 Å². The highest BCUT2D eigenvalue weighted by molar-refractivity contribution is 5.98. The fourth-order valence-corrected chi connectivity index (χ4v) is 1.48. The van der Waals surface area contributed by atoms with Gasteiger partial charge in [-0.3, -0.25) is 14.5 Å². The molecule has 7 nitrogen and oxygen atoms in total. The van der Waals surface area contributed by atoms with Crippen LogP contribution >= 0.6 is 0 Å². The van der Waals surface area contributed by atoms with Gasteiger partial charge in [-0.2, -0.15) is 5.10 Å². The number of nitrogen functional groups attached to an aromatic ring is 1. The first kappa shape index (κ1) is 12.0. The topological polar surface area (TPSA) is 98.7 Å². The van der Waals surface area contributed by atoms with Crippen LogP contribution in [0, 0.1) is 0 Å². The van der Waals surface area contributed by atoms with Crippen molar-refractivity contribution in [2.45, 2.75) is 6.42 Å². The lowest BCUT2D eigenvalue weighted by atomic mass is 10.2. The summed E-state index contributed by atoms with van der Waals surface area (Å²) in [6.07, 6.45) is 5.19. The van der Waals surface area contributed by atoms with E-state index in [1.165, 1.54) is 6.20 Å². The molecule has 3 N–H and O–H groups in total. The molecule has 0 radical (unpaired) electrons. The second-order valence-corrected chi connectivity index (χ2v) is 3.80. The Bertz CT molecular complexity index is 550. The fraction of sp³-hybridized carbons (Fsp3) is 0.273. The molecule has 0 fully saturated rings. The highest BCUT2D eigenvalue weighted by Gasteiger charge is 2.09. The molecule has 7 heteroatoms. The van der Waals surface area contributed by atoms with Crippen LogP contribution in [0.4, 0.5) is 5.69 Å². The summed E-state index contributed by atoms with van der Waals surface area (Å²) in [5.74, 6) is 0.452. The van der Waals surface area contributed by atoms with Gasteiger partial charge in [0.15, 0.2) is 5.82 Å². The van der Waals surface area contributed by atoms with Crippen LogP contribution in [0.2, 0.25) is 0 Å². The molecule has 0 bridgehead atoms. The summed E-state index contributed by atoms with van der Waals surface area (Å²) in [5.41, 5.74) is 6.48. The molecule has 0 spiro atoms. The van der Waals surface area contributed by atoms with E-state index in [1.807, 2.05) is 0 Å². The number of anilines is 1. The normalized spacial score (nSPS) is 10.3. The van der Waals surface area contributed by atoms with Gasteiger partial charge in [-0.05, 0) is 6.07 Å². The average Bonchev–Trinajstić information content (AvgIpc) is 2.75. The van der Waals surface area contributed by atoms with E-state index >= 15 is 0 Å². The van der Waals surface area contributed by atoms with Crippen molar-refractivity contribution in [1.82, 2.24) is 25.1 Å². The monoisotopic (exact) mass is 246 g/mol. The Morgan fingerprint density at radius 3 is 3.06 bits per heavy atom. The van der Waals surface area contributed by atoms with Gasteiger partial charge in [0.2, 0.25) is 0 Å². The SMILES string of the molecule is Cn1cnc(CCNC(=O)c2cnccc2N)n1. The van der Waals surface area contributed by atoms with Gasteiger partial charge in [0, 0.05) is 38.1 Å². The van der Waals surface area contributed by atoms with Crippen LogP contribution in [-0.2, 0) is 13.5 Å². The second-order valence-electron chi connectivity index (χ2n) is 3.80. The lowest BCUT2D eigenvalue weighted by molar-refractivity contribution is 0.0954.